The lowest BCUT2D eigenvalue weighted by atomic mass is 10.1. The smallest absolute Gasteiger partial charge is 0.416 e. The zero-order valence-corrected chi connectivity index (χ0v) is 13.8. The molecule has 2 aromatic rings. The van der Waals surface area contributed by atoms with Crippen molar-refractivity contribution in [3.8, 4) is 11.5 Å². The average Bonchev–Trinajstić information content (AvgIpc) is 2.95. The van der Waals surface area contributed by atoms with Crippen molar-refractivity contribution >= 4 is 0 Å². The quantitative estimate of drug-likeness (QED) is 0.914. The van der Waals surface area contributed by atoms with Crippen LogP contribution in [0.2, 0.25) is 0 Å². The first kappa shape index (κ1) is 17.9. The van der Waals surface area contributed by atoms with Gasteiger partial charge in [-0.25, -0.2) is 4.98 Å². The SMILES string of the molecule is Cc1oc(-c2cccc(C(F)(F)F)c2)nc1CN1CCO[C@@H](CN)C1. The Labute approximate surface area is 143 Å². The molecule has 1 aliphatic heterocycles. The maximum atomic E-state index is 12.9. The van der Waals surface area contributed by atoms with Crippen LogP contribution in [0.4, 0.5) is 13.2 Å². The van der Waals surface area contributed by atoms with E-state index in [0.717, 1.165) is 18.7 Å². The second-order valence-corrected chi connectivity index (χ2v) is 6.06. The van der Waals surface area contributed by atoms with Crippen LogP contribution in [0.3, 0.4) is 0 Å². The highest BCUT2D eigenvalue weighted by atomic mass is 19.4. The largest absolute Gasteiger partial charge is 0.441 e. The van der Waals surface area contributed by atoms with E-state index in [9.17, 15) is 13.2 Å². The normalized spacial score (nSPS) is 19.3. The number of benzene rings is 1. The number of hydrogen-bond donors (Lipinski definition) is 1. The number of halogens is 3. The predicted molar refractivity (Wildman–Crippen MR) is 85.7 cm³/mol. The molecule has 1 fully saturated rings. The van der Waals surface area contributed by atoms with Crippen molar-refractivity contribution in [1.82, 2.24) is 9.88 Å². The fourth-order valence-electron chi connectivity index (χ4n) is 2.81. The van der Waals surface area contributed by atoms with Gasteiger partial charge in [0.2, 0.25) is 5.89 Å². The topological polar surface area (TPSA) is 64.5 Å². The number of oxazole rings is 1. The van der Waals surface area contributed by atoms with Gasteiger partial charge in [-0.05, 0) is 25.1 Å². The van der Waals surface area contributed by atoms with Gasteiger partial charge in [-0.1, -0.05) is 6.07 Å². The molecule has 0 aliphatic carbocycles. The van der Waals surface area contributed by atoms with Crippen LogP contribution >= 0.6 is 0 Å². The number of hydrogen-bond acceptors (Lipinski definition) is 5. The van der Waals surface area contributed by atoms with E-state index in [1.807, 2.05) is 0 Å². The molecule has 0 unspecified atom stereocenters. The second kappa shape index (κ2) is 7.15. The fraction of sp³-hybridized carbons (Fsp3) is 0.471. The van der Waals surface area contributed by atoms with Crippen LogP contribution < -0.4 is 5.73 Å². The number of nitrogens with two attached hydrogens (primary N) is 1. The van der Waals surface area contributed by atoms with Crippen LogP contribution in [0.25, 0.3) is 11.5 Å². The number of ether oxygens (including phenoxy) is 1. The van der Waals surface area contributed by atoms with E-state index >= 15 is 0 Å². The first-order chi connectivity index (χ1) is 11.9. The summed E-state index contributed by atoms with van der Waals surface area (Å²) in [6, 6.07) is 4.99. The molecule has 0 saturated carbocycles. The molecule has 136 valence electrons. The minimum absolute atomic E-state index is 0.0103. The Morgan fingerprint density at radius 3 is 2.88 bits per heavy atom. The molecular weight excluding hydrogens is 335 g/mol. The van der Waals surface area contributed by atoms with Gasteiger partial charge in [0, 0.05) is 31.7 Å². The summed E-state index contributed by atoms with van der Waals surface area (Å²) in [7, 11) is 0. The Morgan fingerprint density at radius 1 is 1.36 bits per heavy atom. The Kier molecular flexibility index (Phi) is 5.12. The molecule has 2 heterocycles. The number of rotatable bonds is 4. The Morgan fingerprint density at radius 2 is 2.16 bits per heavy atom. The summed E-state index contributed by atoms with van der Waals surface area (Å²) in [5, 5.41) is 0. The average molecular weight is 355 g/mol. The molecule has 0 spiro atoms. The van der Waals surface area contributed by atoms with E-state index in [4.69, 9.17) is 14.9 Å². The second-order valence-electron chi connectivity index (χ2n) is 6.06. The molecule has 1 aromatic carbocycles. The molecule has 1 aliphatic rings. The molecule has 0 radical (unpaired) electrons. The summed E-state index contributed by atoms with van der Waals surface area (Å²) in [5.41, 5.74) is 5.94. The van der Waals surface area contributed by atoms with E-state index in [1.54, 1.807) is 13.0 Å². The molecule has 1 saturated heterocycles. The number of morpholine rings is 1. The predicted octanol–water partition coefficient (Wildman–Crippen LogP) is 2.83. The van der Waals surface area contributed by atoms with E-state index in [0.29, 0.717) is 43.3 Å². The van der Waals surface area contributed by atoms with Crippen LogP contribution in [0, 0.1) is 6.92 Å². The molecule has 5 nitrogen and oxygen atoms in total. The number of nitrogens with zero attached hydrogens (tertiary/aromatic N) is 2. The van der Waals surface area contributed by atoms with Crippen LogP contribution in [0.1, 0.15) is 17.0 Å². The first-order valence-corrected chi connectivity index (χ1v) is 8.05. The van der Waals surface area contributed by atoms with Crippen LogP contribution in [-0.4, -0.2) is 42.2 Å². The van der Waals surface area contributed by atoms with E-state index < -0.39 is 11.7 Å². The van der Waals surface area contributed by atoms with Crippen molar-refractivity contribution in [1.29, 1.82) is 0 Å². The molecular formula is C17H20F3N3O2. The van der Waals surface area contributed by atoms with Gasteiger partial charge in [0.1, 0.15) is 5.76 Å². The van der Waals surface area contributed by atoms with Gasteiger partial charge in [-0.2, -0.15) is 13.2 Å². The summed E-state index contributed by atoms with van der Waals surface area (Å²) in [4.78, 5) is 6.55. The molecule has 0 bridgehead atoms. The van der Waals surface area contributed by atoms with Gasteiger partial charge >= 0.3 is 6.18 Å². The third-order valence-electron chi connectivity index (χ3n) is 4.19. The Balaban J connectivity index is 1.79. The standard InChI is InChI=1S/C17H20F3N3O2/c1-11-15(10-23-5-6-24-14(8-21)9-23)22-16(25-11)12-3-2-4-13(7-12)17(18,19)20/h2-4,7,14H,5-6,8-10,21H2,1H3/t14-/m0/s1. The first-order valence-electron chi connectivity index (χ1n) is 8.05. The molecule has 3 rings (SSSR count). The molecule has 1 aromatic heterocycles. The third kappa shape index (κ3) is 4.20. The van der Waals surface area contributed by atoms with Crippen molar-refractivity contribution in [3.63, 3.8) is 0 Å². The van der Waals surface area contributed by atoms with Gasteiger partial charge < -0.3 is 14.9 Å². The van der Waals surface area contributed by atoms with Crippen molar-refractivity contribution < 1.29 is 22.3 Å². The molecule has 1 atom stereocenters. The van der Waals surface area contributed by atoms with E-state index in [1.165, 1.54) is 6.07 Å². The van der Waals surface area contributed by atoms with Crippen LogP contribution in [0.5, 0.6) is 0 Å². The fourth-order valence-corrected chi connectivity index (χ4v) is 2.81. The maximum Gasteiger partial charge on any atom is 0.416 e. The summed E-state index contributed by atoms with van der Waals surface area (Å²) >= 11 is 0. The Bertz CT molecular complexity index is 730. The lowest BCUT2D eigenvalue weighted by molar-refractivity contribution is -0.137. The van der Waals surface area contributed by atoms with E-state index in [-0.39, 0.29) is 12.0 Å². The minimum atomic E-state index is -4.40. The lowest BCUT2D eigenvalue weighted by Gasteiger charge is -2.31. The van der Waals surface area contributed by atoms with Crippen LogP contribution in [-0.2, 0) is 17.5 Å². The van der Waals surface area contributed by atoms with E-state index in [2.05, 4.69) is 9.88 Å². The summed E-state index contributed by atoms with van der Waals surface area (Å²) in [5.74, 6) is 0.797. The molecule has 2 N–H and O–H groups in total. The third-order valence-corrected chi connectivity index (χ3v) is 4.19. The summed E-state index contributed by atoms with van der Waals surface area (Å²) in [6.07, 6.45) is -4.41. The zero-order valence-electron chi connectivity index (χ0n) is 13.8. The van der Waals surface area contributed by atoms with Crippen molar-refractivity contribution in [2.45, 2.75) is 25.7 Å². The highest BCUT2D eigenvalue weighted by Gasteiger charge is 2.31. The zero-order chi connectivity index (χ0) is 18.0. The molecule has 25 heavy (non-hydrogen) atoms. The summed E-state index contributed by atoms with van der Waals surface area (Å²) in [6.45, 7) is 4.81. The molecule has 8 heteroatoms. The van der Waals surface area contributed by atoms with Crippen LogP contribution in [0.15, 0.2) is 28.7 Å². The number of aryl methyl sites for hydroxylation is 1. The van der Waals surface area contributed by atoms with Gasteiger partial charge in [-0.15, -0.1) is 0 Å². The summed E-state index contributed by atoms with van der Waals surface area (Å²) < 4.78 is 49.7. The van der Waals surface area contributed by atoms with Gasteiger partial charge in [-0.3, -0.25) is 4.90 Å². The number of alkyl halides is 3. The lowest BCUT2D eigenvalue weighted by Crippen LogP contribution is -2.45. The monoisotopic (exact) mass is 355 g/mol. The maximum absolute atomic E-state index is 12.9. The highest BCUT2D eigenvalue weighted by molar-refractivity contribution is 5.55. The highest BCUT2D eigenvalue weighted by Crippen LogP contribution is 2.32. The Hall–Kier alpha value is -1.90. The van der Waals surface area contributed by atoms with Crippen molar-refractivity contribution in [2.75, 3.05) is 26.2 Å². The number of aromatic nitrogens is 1. The van der Waals surface area contributed by atoms with Gasteiger partial charge in [0.25, 0.3) is 0 Å². The van der Waals surface area contributed by atoms with Crippen molar-refractivity contribution in [3.05, 3.63) is 41.3 Å². The van der Waals surface area contributed by atoms with Gasteiger partial charge in [0.15, 0.2) is 0 Å². The minimum Gasteiger partial charge on any atom is -0.441 e. The van der Waals surface area contributed by atoms with Crippen molar-refractivity contribution in [2.24, 2.45) is 5.73 Å². The van der Waals surface area contributed by atoms with Gasteiger partial charge in [0.05, 0.1) is 24.0 Å². The molecule has 0 amide bonds.